The minimum Gasteiger partial charge on any atom is -0.469 e. The van der Waals surface area contributed by atoms with Crippen LogP contribution in [0.15, 0.2) is 23.1 Å². The zero-order valence-corrected chi connectivity index (χ0v) is 16.0. The molecule has 25 heavy (non-hydrogen) atoms. The Morgan fingerprint density at radius 3 is 2.84 bits per heavy atom. The first-order valence-electron chi connectivity index (χ1n) is 7.70. The molecule has 1 amide bonds. The number of thioether (sulfide) groups is 1. The van der Waals surface area contributed by atoms with E-state index < -0.39 is 5.82 Å². The third kappa shape index (κ3) is 5.26. The number of carbonyl (C=O) groups excluding carboxylic acids is 2. The molecule has 0 aliphatic carbocycles. The number of benzene rings is 1. The lowest BCUT2D eigenvalue weighted by atomic mass is 10.2. The maximum Gasteiger partial charge on any atom is 0.305 e. The summed E-state index contributed by atoms with van der Waals surface area (Å²) in [6.07, 6.45) is 4.00. The number of amides is 1. The number of esters is 1. The van der Waals surface area contributed by atoms with Crippen molar-refractivity contribution in [2.24, 2.45) is 0 Å². The van der Waals surface area contributed by atoms with Gasteiger partial charge in [0.25, 0.3) is 5.91 Å². The number of hydrogen-bond donors (Lipinski definition) is 0. The van der Waals surface area contributed by atoms with Crippen LogP contribution in [0.3, 0.4) is 0 Å². The molecule has 0 aromatic heterocycles. The van der Waals surface area contributed by atoms with Crippen molar-refractivity contribution in [2.75, 3.05) is 13.7 Å². The van der Waals surface area contributed by atoms with Crippen LogP contribution in [-0.4, -0.2) is 34.8 Å². The topological polar surface area (TPSA) is 46.6 Å². The highest BCUT2D eigenvalue weighted by Gasteiger charge is 2.31. The molecule has 0 N–H and O–H groups in total. The van der Waals surface area contributed by atoms with Crippen molar-refractivity contribution in [3.05, 3.63) is 39.5 Å². The normalized spacial score (nSPS) is 16.0. The van der Waals surface area contributed by atoms with Crippen molar-refractivity contribution >= 4 is 57.9 Å². The lowest BCUT2D eigenvalue weighted by Crippen LogP contribution is -2.29. The molecule has 0 atom stereocenters. The highest BCUT2D eigenvalue weighted by Crippen LogP contribution is 2.34. The highest BCUT2D eigenvalue weighted by molar-refractivity contribution is 8.26. The van der Waals surface area contributed by atoms with E-state index in [2.05, 4.69) is 4.74 Å². The Balaban J connectivity index is 1.96. The molecule has 1 aliphatic heterocycles. The van der Waals surface area contributed by atoms with Gasteiger partial charge in [0, 0.05) is 18.5 Å². The minimum absolute atomic E-state index is 0.183. The zero-order chi connectivity index (χ0) is 18.4. The van der Waals surface area contributed by atoms with Crippen molar-refractivity contribution < 1.29 is 18.7 Å². The summed E-state index contributed by atoms with van der Waals surface area (Å²) in [4.78, 5) is 25.4. The summed E-state index contributed by atoms with van der Waals surface area (Å²) >= 11 is 12.4. The Bertz CT molecular complexity index is 704. The summed E-state index contributed by atoms with van der Waals surface area (Å²) in [6, 6.07) is 4.37. The first-order valence-corrected chi connectivity index (χ1v) is 9.30. The number of nitrogens with zero attached hydrogens (tertiary/aromatic N) is 1. The van der Waals surface area contributed by atoms with Gasteiger partial charge in [0.2, 0.25) is 0 Å². The van der Waals surface area contributed by atoms with Crippen LogP contribution in [0.5, 0.6) is 0 Å². The summed E-state index contributed by atoms with van der Waals surface area (Å²) in [5.41, 5.74) is 0.183. The Kier molecular flexibility index (Phi) is 7.40. The van der Waals surface area contributed by atoms with E-state index in [1.165, 1.54) is 30.2 Å². The first kappa shape index (κ1) is 19.9. The van der Waals surface area contributed by atoms with Crippen LogP contribution in [0.25, 0.3) is 6.08 Å². The van der Waals surface area contributed by atoms with Crippen LogP contribution in [0.2, 0.25) is 5.02 Å². The van der Waals surface area contributed by atoms with Crippen molar-refractivity contribution in [3.63, 3.8) is 0 Å². The van der Waals surface area contributed by atoms with E-state index in [0.717, 1.165) is 24.6 Å². The molecule has 0 bridgehead atoms. The molecule has 1 aliphatic rings. The fraction of sp³-hybridized carbons (Fsp3) is 0.353. The molecule has 4 nitrogen and oxygen atoms in total. The zero-order valence-electron chi connectivity index (χ0n) is 13.6. The maximum absolute atomic E-state index is 13.9. The van der Waals surface area contributed by atoms with Gasteiger partial charge in [-0.1, -0.05) is 48.1 Å². The Hall–Kier alpha value is -1.44. The predicted molar refractivity (Wildman–Crippen MR) is 102 cm³/mol. The van der Waals surface area contributed by atoms with E-state index in [1.54, 1.807) is 6.07 Å². The van der Waals surface area contributed by atoms with E-state index in [-0.39, 0.29) is 22.5 Å². The van der Waals surface area contributed by atoms with Crippen molar-refractivity contribution in [1.82, 2.24) is 4.90 Å². The van der Waals surface area contributed by atoms with Crippen molar-refractivity contribution in [2.45, 2.75) is 25.7 Å². The average Bonchev–Trinajstić information content (AvgIpc) is 2.84. The summed E-state index contributed by atoms with van der Waals surface area (Å²) in [5, 5.41) is 0.244. The molecule has 8 heteroatoms. The Morgan fingerprint density at radius 2 is 2.16 bits per heavy atom. The number of unbranched alkanes of at least 4 members (excludes halogenated alkanes) is 2. The van der Waals surface area contributed by atoms with Gasteiger partial charge in [-0.15, -0.1) is 0 Å². The van der Waals surface area contributed by atoms with Gasteiger partial charge in [-0.2, -0.15) is 0 Å². The van der Waals surface area contributed by atoms with Crippen LogP contribution in [-0.2, 0) is 14.3 Å². The van der Waals surface area contributed by atoms with Crippen LogP contribution in [0.1, 0.15) is 31.2 Å². The molecule has 1 heterocycles. The largest absolute Gasteiger partial charge is 0.469 e. The molecule has 0 spiro atoms. The number of methoxy groups -OCH3 is 1. The van der Waals surface area contributed by atoms with E-state index in [9.17, 15) is 14.0 Å². The molecule has 0 saturated carbocycles. The second-order valence-corrected chi connectivity index (χ2v) is 7.44. The van der Waals surface area contributed by atoms with Crippen LogP contribution in [0.4, 0.5) is 4.39 Å². The first-order chi connectivity index (χ1) is 11.9. The van der Waals surface area contributed by atoms with Gasteiger partial charge >= 0.3 is 5.97 Å². The molecule has 2 rings (SSSR count). The summed E-state index contributed by atoms with van der Waals surface area (Å²) in [7, 11) is 1.36. The Morgan fingerprint density at radius 1 is 1.40 bits per heavy atom. The molecule has 1 aromatic carbocycles. The standard InChI is InChI=1S/C17H17ClFNO3S2/c1-23-15(21)8-3-2-4-9-20-16(22)14(25-17(20)24)10-11-12(18)6-5-7-13(11)19/h5-7,10H,2-4,8-9H2,1H3/b14-10+. The van der Waals surface area contributed by atoms with Gasteiger partial charge in [0.15, 0.2) is 0 Å². The molecule has 1 fully saturated rings. The third-order valence-corrected chi connectivity index (χ3v) is 5.35. The molecule has 0 radical (unpaired) electrons. The van der Waals surface area contributed by atoms with E-state index in [1.807, 2.05) is 0 Å². The van der Waals surface area contributed by atoms with Gasteiger partial charge in [-0.05, 0) is 31.1 Å². The van der Waals surface area contributed by atoms with Crippen molar-refractivity contribution in [3.8, 4) is 0 Å². The quantitative estimate of drug-likeness (QED) is 0.293. The Labute approximate surface area is 160 Å². The second-order valence-electron chi connectivity index (χ2n) is 5.36. The highest BCUT2D eigenvalue weighted by atomic mass is 35.5. The van der Waals surface area contributed by atoms with E-state index in [0.29, 0.717) is 28.6 Å². The molecule has 1 aromatic rings. The molecule has 0 unspecified atom stereocenters. The van der Waals surface area contributed by atoms with Gasteiger partial charge in [-0.25, -0.2) is 4.39 Å². The van der Waals surface area contributed by atoms with E-state index >= 15 is 0 Å². The number of rotatable bonds is 7. The van der Waals surface area contributed by atoms with Crippen LogP contribution < -0.4 is 0 Å². The lowest BCUT2D eigenvalue weighted by molar-refractivity contribution is -0.140. The number of hydrogen-bond acceptors (Lipinski definition) is 5. The van der Waals surface area contributed by atoms with Gasteiger partial charge in [0.1, 0.15) is 10.1 Å². The molecule has 1 saturated heterocycles. The fourth-order valence-electron chi connectivity index (χ4n) is 2.29. The van der Waals surface area contributed by atoms with Crippen LogP contribution >= 0.6 is 35.6 Å². The minimum atomic E-state index is -0.486. The van der Waals surface area contributed by atoms with Crippen molar-refractivity contribution in [1.29, 1.82) is 0 Å². The van der Waals surface area contributed by atoms with Gasteiger partial charge in [0.05, 0.1) is 17.0 Å². The molecular formula is C17H17ClFNO3S2. The molecular weight excluding hydrogens is 385 g/mol. The smallest absolute Gasteiger partial charge is 0.305 e. The van der Waals surface area contributed by atoms with Gasteiger partial charge in [-0.3, -0.25) is 14.5 Å². The summed E-state index contributed by atoms with van der Waals surface area (Å²) in [5.74, 6) is -0.974. The fourth-order valence-corrected chi connectivity index (χ4v) is 3.80. The molecule has 134 valence electrons. The number of thiocarbonyl (C=S) groups is 1. The van der Waals surface area contributed by atoms with Gasteiger partial charge < -0.3 is 4.74 Å². The number of ether oxygens (including phenoxy) is 1. The summed E-state index contributed by atoms with van der Waals surface area (Å²) < 4.78 is 18.9. The summed E-state index contributed by atoms with van der Waals surface area (Å²) in [6.45, 7) is 0.466. The number of carbonyl (C=O) groups is 2. The maximum atomic E-state index is 13.9. The third-order valence-electron chi connectivity index (χ3n) is 3.64. The number of halogens is 2. The monoisotopic (exact) mass is 401 g/mol. The lowest BCUT2D eigenvalue weighted by Gasteiger charge is -2.13. The second kappa shape index (κ2) is 9.31. The van der Waals surface area contributed by atoms with E-state index in [4.69, 9.17) is 23.8 Å². The SMILES string of the molecule is COC(=O)CCCCCN1C(=O)/C(=C\c2c(F)cccc2Cl)SC1=S. The van der Waals surface area contributed by atoms with Crippen LogP contribution in [0, 0.1) is 5.82 Å². The average molecular weight is 402 g/mol. The predicted octanol–water partition coefficient (Wildman–Crippen LogP) is 4.41.